The molecule has 0 atom stereocenters. The van der Waals surface area contributed by atoms with Gasteiger partial charge in [-0.1, -0.05) is 107 Å². The number of phosphoric ester groups is 2. The van der Waals surface area contributed by atoms with E-state index in [0.29, 0.717) is 34.1 Å². The highest BCUT2D eigenvalue weighted by Crippen LogP contribution is 2.56. The topological polar surface area (TPSA) is 89.5 Å². The van der Waals surface area contributed by atoms with Gasteiger partial charge in [0.1, 0.15) is 34.5 Å². The Balaban J connectivity index is 1.41. The van der Waals surface area contributed by atoms with Gasteiger partial charge in [0.25, 0.3) is 0 Å². The monoisotopic (exact) mass is 762 g/mol. The minimum Gasteiger partial charge on any atom is -0.386 e. The molecule has 6 aromatic carbocycles. The van der Waals surface area contributed by atoms with Crippen LogP contribution in [0, 0.1) is 55.4 Å². The van der Waals surface area contributed by atoms with Crippen LogP contribution in [0.4, 0.5) is 0 Å². The molecule has 0 saturated heterocycles. The Morgan fingerprint density at radius 2 is 0.556 bits per heavy atom. The molecule has 0 aromatic heterocycles. The van der Waals surface area contributed by atoms with Crippen molar-refractivity contribution >= 4 is 15.6 Å². The van der Waals surface area contributed by atoms with E-state index in [1.165, 1.54) is 0 Å². The molecule has 0 saturated carbocycles. The summed E-state index contributed by atoms with van der Waals surface area (Å²) < 4.78 is 66.9. The third kappa shape index (κ3) is 9.20. The van der Waals surface area contributed by atoms with E-state index < -0.39 is 15.6 Å². The first kappa shape index (κ1) is 38.3. The molecular weight excluding hydrogens is 718 g/mol. The first-order valence-corrected chi connectivity index (χ1v) is 20.5. The van der Waals surface area contributed by atoms with E-state index in [9.17, 15) is 9.13 Å². The van der Waals surface area contributed by atoms with Crippen LogP contribution < -0.4 is 27.1 Å². The van der Waals surface area contributed by atoms with Gasteiger partial charge in [0.2, 0.25) is 0 Å². The summed E-state index contributed by atoms with van der Waals surface area (Å²) in [7, 11) is -8.86. The summed E-state index contributed by atoms with van der Waals surface area (Å²) in [5.74, 6) is 1.75. The number of hydrogen-bond donors (Lipinski definition) is 0. The first-order valence-electron chi connectivity index (χ1n) is 17.5. The standard InChI is InChI=1S/C44H44O8P2/c1-29-17-21-39(33(5)25-29)47-53(45,48-40-22-18-30(2)26-34(40)6)51-43-15-11-9-13-37(43)38-14-10-12-16-44(38)52-54(46,49-41-23-19-31(3)27-35(41)7)50-42-24-20-32(4)28-36(42)8/h9-28H,1-8H3. The van der Waals surface area contributed by atoms with Crippen LogP contribution in [0.15, 0.2) is 121 Å². The lowest BCUT2D eigenvalue weighted by atomic mass is 10.0. The van der Waals surface area contributed by atoms with Crippen molar-refractivity contribution in [3.05, 3.63) is 166 Å². The van der Waals surface area contributed by atoms with E-state index >= 15 is 0 Å². The summed E-state index contributed by atoms with van der Waals surface area (Å²) in [6.07, 6.45) is 0. The number of phosphoric acid groups is 2. The molecule has 0 aliphatic heterocycles. The summed E-state index contributed by atoms with van der Waals surface area (Å²) in [5.41, 5.74) is 8.06. The maximum absolute atomic E-state index is 14.8. The van der Waals surface area contributed by atoms with Crippen molar-refractivity contribution in [2.45, 2.75) is 55.4 Å². The second-order valence-corrected chi connectivity index (χ2v) is 16.4. The van der Waals surface area contributed by atoms with Crippen molar-refractivity contribution in [1.82, 2.24) is 0 Å². The zero-order valence-corrected chi connectivity index (χ0v) is 33.5. The minimum absolute atomic E-state index is 0.173. The molecule has 10 heteroatoms. The number of hydrogen-bond acceptors (Lipinski definition) is 8. The summed E-state index contributed by atoms with van der Waals surface area (Å²) in [6.45, 7) is 15.3. The predicted molar refractivity (Wildman–Crippen MR) is 215 cm³/mol. The molecule has 8 nitrogen and oxygen atoms in total. The van der Waals surface area contributed by atoms with Gasteiger partial charge < -0.3 is 27.1 Å². The Hall–Kier alpha value is -5.42. The SMILES string of the molecule is Cc1ccc(OP(=O)(Oc2ccc(C)cc2C)Oc2ccccc2-c2ccccc2OP(=O)(Oc2ccc(C)cc2C)Oc2ccc(C)cc2C)c(C)c1. The minimum atomic E-state index is -4.43. The molecule has 0 spiro atoms. The van der Waals surface area contributed by atoms with E-state index in [-0.39, 0.29) is 11.5 Å². The number of aryl methyl sites for hydroxylation is 8. The molecule has 0 N–H and O–H groups in total. The summed E-state index contributed by atoms with van der Waals surface area (Å²) in [5, 5.41) is 0. The van der Waals surface area contributed by atoms with Crippen LogP contribution in [-0.4, -0.2) is 0 Å². The van der Waals surface area contributed by atoms with Crippen molar-refractivity contribution in [3.63, 3.8) is 0 Å². The van der Waals surface area contributed by atoms with Gasteiger partial charge in [-0.3, -0.25) is 0 Å². The van der Waals surface area contributed by atoms with Gasteiger partial charge in [-0.05, 0) is 114 Å². The lowest BCUT2D eigenvalue weighted by Gasteiger charge is -2.24. The van der Waals surface area contributed by atoms with Crippen molar-refractivity contribution in [2.75, 3.05) is 0 Å². The van der Waals surface area contributed by atoms with Gasteiger partial charge in [0.15, 0.2) is 0 Å². The third-order valence-electron chi connectivity index (χ3n) is 8.65. The van der Waals surface area contributed by atoms with Crippen LogP contribution >= 0.6 is 15.6 Å². The Kier molecular flexibility index (Phi) is 11.3. The van der Waals surface area contributed by atoms with Crippen LogP contribution in [-0.2, 0) is 9.13 Å². The Labute approximate surface area is 317 Å². The smallest absolute Gasteiger partial charge is 0.386 e. The summed E-state index contributed by atoms with van der Waals surface area (Å²) in [6, 6.07) is 36.1. The van der Waals surface area contributed by atoms with Crippen LogP contribution in [0.1, 0.15) is 44.5 Å². The maximum atomic E-state index is 14.8. The highest BCUT2D eigenvalue weighted by Gasteiger charge is 2.37. The fourth-order valence-electron chi connectivity index (χ4n) is 5.98. The largest absolute Gasteiger partial charge is 0.647 e. The molecular formula is C44H44O8P2. The maximum Gasteiger partial charge on any atom is 0.647 e. The molecule has 0 unspecified atom stereocenters. The molecule has 54 heavy (non-hydrogen) atoms. The zero-order chi connectivity index (χ0) is 38.6. The average Bonchev–Trinajstić information content (AvgIpc) is 3.11. The van der Waals surface area contributed by atoms with Crippen LogP contribution in [0.5, 0.6) is 34.5 Å². The number of para-hydroxylation sites is 2. The Morgan fingerprint density at radius 3 is 0.815 bits per heavy atom. The molecule has 0 amide bonds. The Bertz CT molecular complexity index is 2140. The zero-order valence-electron chi connectivity index (χ0n) is 31.7. The van der Waals surface area contributed by atoms with Gasteiger partial charge >= 0.3 is 15.6 Å². The normalized spacial score (nSPS) is 11.5. The van der Waals surface area contributed by atoms with E-state index in [1.54, 1.807) is 72.8 Å². The molecule has 0 aliphatic rings. The summed E-state index contributed by atoms with van der Waals surface area (Å²) in [4.78, 5) is 0. The van der Waals surface area contributed by atoms with E-state index in [0.717, 1.165) is 44.5 Å². The predicted octanol–water partition coefficient (Wildman–Crippen LogP) is 13.1. The molecule has 0 fully saturated rings. The molecule has 0 aliphatic carbocycles. The van der Waals surface area contributed by atoms with Gasteiger partial charge in [0, 0.05) is 11.1 Å². The van der Waals surface area contributed by atoms with Crippen molar-refractivity contribution < 1.29 is 36.3 Å². The van der Waals surface area contributed by atoms with Crippen molar-refractivity contribution in [2.24, 2.45) is 0 Å². The highest BCUT2D eigenvalue weighted by atomic mass is 31.2. The fraction of sp³-hybridized carbons (Fsp3) is 0.182. The van der Waals surface area contributed by atoms with Crippen molar-refractivity contribution in [3.8, 4) is 45.6 Å². The van der Waals surface area contributed by atoms with Gasteiger partial charge in [-0.15, -0.1) is 0 Å². The molecule has 278 valence electrons. The van der Waals surface area contributed by atoms with Gasteiger partial charge in [-0.2, -0.15) is 9.13 Å². The lowest BCUT2D eigenvalue weighted by molar-refractivity contribution is 0.294. The van der Waals surface area contributed by atoms with Gasteiger partial charge in [-0.25, -0.2) is 0 Å². The molecule has 0 bridgehead atoms. The van der Waals surface area contributed by atoms with E-state index in [4.69, 9.17) is 27.1 Å². The van der Waals surface area contributed by atoms with E-state index in [1.807, 2.05) is 104 Å². The Morgan fingerprint density at radius 1 is 0.315 bits per heavy atom. The van der Waals surface area contributed by atoms with Crippen molar-refractivity contribution in [1.29, 1.82) is 0 Å². The van der Waals surface area contributed by atoms with Crippen LogP contribution in [0.25, 0.3) is 11.1 Å². The second kappa shape index (κ2) is 15.9. The van der Waals surface area contributed by atoms with Gasteiger partial charge in [0.05, 0.1) is 0 Å². The van der Waals surface area contributed by atoms with E-state index in [2.05, 4.69) is 0 Å². The number of benzene rings is 6. The molecule has 6 aromatic rings. The molecule has 0 radical (unpaired) electrons. The second-order valence-electron chi connectivity index (χ2n) is 13.5. The molecule has 6 rings (SSSR count). The van der Waals surface area contributed by atoms with Crippen LogP contribution in [0.3, 0.4) is 0 Å². The summed E-state index contributed by atoms with van der Waals surface area (Å²) >= 11 is 0. The first-order chi connectivity index (χ1) is 25.7. The van der Waals surface area contributed by atoms with Crippen LogP contribution in [0.2, 0.25) is 0 Å². The third-order valence-corrected chi connectivity index (χ3v) is 11.2. The fourth-order valence-corrected chi connectivity index (χ4v) is 8.79. The lowest BCUT2D eigenvalue weighted by Crippen LogP contribution is -2.10. The quantitative estimate of drug-likeness (QED) is 0.107. The highest BCUT2D eigenvalue weighted by molar-refractivity contribution is 7.50. The molecule has 0 heterocycles. The number of rotatable bonds is 13. The average molecular weight is 763 g/mol.